The summed E-state index contributed by atoms with van der Waals surface area (Å²) >= 11 is 0. The third-order valence-corrected chi connectivity index (χ3v) is 4.41. The van der Waals surface area contributed by atoms with Crippen molar-refractivity contribution in [3.63, 3.8) is 0 Å². The first-order valence-electron chi connectivity index (χ1n) is 8.56. The maximum Gasteiger partial charge on any atom is 0.230 e. The molecule has 0 radical (unpaired) electrons. The number of hydrogen-bond donors (Lipinski definition) is 0. The molecule has 0 N–H and O–H groups in total. The van der Waals surface area contributed by atoms with Gasteiger partial charge in [-0.1, -0.05) is 12.1 Å². The van der Waals surface area contributed by atoms with Gasteiger partial charge in [-0.05, 0) is 24.1 Å². The molecule has 1 aromatic carbocycles. The van der Waals surface area contributed by atoms with Crippen LogP contribution in [0.15, 0.2) is 28.7 Å². The fraction of sp³-hybridized carbons (Fsp3) is 0.500. The molecule has 0 atom stereocenters. The summed E-state index contributed by atoms with van der Waals surface area (Å²) in [6.45, 7) is 5.56. The van der Waals surface area contributed by atoms with Crippen LogP contribution in [0.1, 0.15) is 23.8 Å². The summed E-state index contributed by atoms with van der Waals surface area (Å²) in [5.41, 5.74) is 1.12. The molecule has 1 saturated heterocycles. The average Bonchev–Trinajstić information content (AvgIpc) is 3.05. The molecule has 0 unspecified atom stereocenters. The number of piperazine rings is 1. The highest BCUT2D eigenvalue weighted by molar-refractivity contribution is 5.76. The van der Waals surface area contributed by atoms with Gasteiger partial charge in [0.25, 0.3) is 0 Å². The Bertz CT molecular complexity index is 708. The molecular formula is C18H24N4O3. The SMILES string of the molecule is COc1cccc(CCC(=O)N2CCN(Cc3nnc(C)o3)CC2)c1. The summed E-state index contributed by atoms with van der Waals surface area (Å²) < 4.78 is 10.6. The van der Waals surface area contributed by atoms with Gasteiger partial charge in [-0.25, -0.2) is 0 Å². The Hall–Kier alpha value is -2.41. The van der Waals surface area contributed by atoms with Crippen molar-refractivity contribution >= 4 is 5.91 Å². The van der Waals surface area contributed by atoms with Crippen molar-refractivity contribution in [3.05, 3.63) is 41.6 Å². The molecular weight excluding hydrogens is 320 g/mol. The molecule has 25 heavy (non-hydrogen) atoms. The van der Waals surface area contributed by atoms with Crippen LogP contribution in [0.4, 0.5) is 0 Å². The highest BCUT2D eigenvalue weighted by atomic mass is 16.5. The second-order valence-electron chi connectivity index (χ2n) is 6.22. The lowest BCUT2D eigenvalue weighted by Gasteiger charge is -2.34. The minimum Gasteiger partial charge on any atom is -0.497 e. The number of rotatable bonds is 6. The van der Waals surface area contributed by atoms with E-state index in [1.54, 1.807) is 14.0 Å². The maximum absolute atomic E-state index is 12.4. The third-order valence-electron chi connectivity index (χ3n) is 4.41. The Labute approximate surface area is 147 Å². The molecule has 1 aliphatic heterocycles. The minimum atomic E-state index is 0.205. The van der Waals surface area contributed by atoms with Crippen LogP contribution in [0.5, 0.6) is 5.75 Å². The first-order valence-corrected chi connectivity index (χ1v) is 8.56. The molecule has 0 spiro atoms. The molecule has 0 bridgehead atoms. The average molecular weight is 344 g/mol. The predicted molar refractivity (Wildman–Crippen MR) is 92.2 cm³/mol. The highest BCUT2D eigenvalue weighted by Crippen LogP contribution is 2.15. The topological polar surface area (TPSA) is 71.7 Å². The standard InChI is InChI=1S/C18H24N4O3/c1-14-19-20-17(25-14)13-21-8-10-22(11-9-21)18(23)7-6-15-4-3-5-16(12-15)24-2/h3-5,12H,6-11,13H2,1-2H3. The summed E-state index contributed by atoms with van der Waals surface area (Å²) in [5.74, 6) is 2.25. The molecule has 1 amide bonds. The van der Waals surface area contributed by atoms with Crippen LogP contribution >= 0.6 is 0 Å². The molecule has 1 aliphatic rings. The van der Waals surface area contributed by atoms with Gasteiger partial charge in [0.2, 0.25) is 17.7 Å². The molecule has 3 rings (SSSR count). The summed E-state index contributed by atoms with van der Waals surface area (Å²) in [5, 5.41) is 7.87. The first-order chi connectivity index (χ1) is 12.1. The van der Waals surface area contributed by atoms with Crippen molar-refractivity contribution < 1.29 is 13.9 Å². The Balaban J connectivity index is 1.43. The lowest BCUT2D eigenvalue weighted by atomic mass is 10.1. The third kappa shape index (κ3) is 4.79. The van der Waals surface area contributed by atoms with Crippen LogP contribution in [0.2, 0.25) is 0 Å². The summed E-state index contributed by atoms with van der Waals surface area (Å²) in [4.78, 5) is 16.6. The Morgan fingerprint density at radius 1 is 1.24 bits per heavy atom. The van der Waals surface area contributed by atoms with E-state index in [4.69, 9.17) is 9.15 Å². The lowest BCUT2D eigenvalue weighted by molar-refractivity contribution is -0.133. The number of carbonyl (C=O) groups is 1. The van der Waals surface area contributed by atoms with Crippen LogP contribution in [0.3, 0.4) is 0 Å². The van der Waals surface area contributed by atoms with Crippen LogP contribution in [-0.2, 0) is 17.8 Å². The van der Waals surface area contributed by atoms with Crippen LogP contribution < -0.4 is 4.74 Å². The van der Waals surface area contributed by atoms with Gasteiger partial charge in [0, 0.05) is 39.5 Å². The highest BCUT2D eigenvalue weighted by Gasteiger charge is 2.22. The normalized spacial score (nSPS) is 15.4. The Morgan fingerprint density at radius 2 is 2.04 bits per heavy atom. The molecule has 2 aromatic rings. The number of ether oxygens (including phenoxy) is 1. The van der Waals surface area contributed by atoms with E-state index in [0.29, 0.717) is 24.7 Å². The number of nitrogens with zero attached hydrogens (tertiary/aromatic N) is 4. The number of carbonyl (C=O) groups excluding carboxylic acids is 1. The molecule has 134 valence electrons. The molecule has 1 aromatic heterocycles. The van der Waals surface area contributed by atoms with E-state index in [2.05, 4.69) is 15.1 Å². The van der Waals surface area contributed by atoms with Crippen molar-refractivity contribution in [2.24, 2.45) is 0 Å². The Kier molecular flexibility index (Phi) is 5.65. The van der Waals surface area contributed by atoms with Crippen LogP contribution in [0, 0.1) is 6.92 Å². The summed E-state index contributed by atoms with van der Waals surface area (Å²) in [6.07, 6.45) is 1.26. The zero-order valence-electron chi connectivity index (χ0n) is 14.8. The van der Waals surface area contributed by atoms with E-state index in [1.807, 2.05) is 29.2 Å². The second-order valence-corrected chi connectivity index (χ2v) is 6.22. The van der Waals surface area contributed by atoms with E-state index < -0.39 is 0 Å². The quantitative estimate of drug-likeness (QED) is 0.794. The molecule has 0 aliphatic carbocycles. The van der Waals surface area contributed by atoms with Gasteiger partial charge in [0.05, 0.1) is 13.7 Å². The van der Waals surface area contributed by atoms with Gasteiger partial charge >= 0.3 is 0 Å². The van der Waals surface area contributed by atoms with E-state index >= 15 is 0 Å². The van der Waals surface area contributed by atoms with Crippen molar-refractivity contribution in [3.8, 4) is 5.75 Å². The van der Waals surface area contributed by atoms with Gasteiger partial charge < -0.3 is 14.1 Å². The van der Waals surface area contributed by atoms with Crippen molar-refractivity contribution in [1.29, 1.82) is 0 Å². The largest absolute Gasteiger partial charge is 0.497 e. The van der Waals surface area contributed by atoms with Gasteiger partial charge in [-0.3, -0.25) is 9.69 Å². The number of methoxy groups -OCH3 is 1. The lowest BCUT2D eigenvalue weighted by Crippen LogP contribution is -2.48. The number of aromatic nitrogens is 2. The predicted octanol–water partition coefficient (Wildman–Crippen LogP) is 1.66. The monoisotopic (exact) mass is 344 g/mol. The minimum absolute atomic E-state index is 0.205. The number of aryl methyl sites for hydroxylation is 2. The Morgan fingerprint density at radius 3 is 2.72 bits per heavy atom. The van der Waals surface area contributed by atoms with E-state index in [9.17, 15) is 4.79 Å². The fourth-order valence-corrected chi connectivity index (χ4v) is 2.99. The number of amides is 1. The van der Waals surface area contributed by atoms with E-state index in [0.717, 1.165) is 43.9 Å². The van der Waals surface area contributed by atoms with E-state index in [-0.39, 0.29) is 5.91 Å². The van der Waals surface area contributed by atoms with Crippen molar-refractivity contribution in [2.45, 2.75) is 26.3 Å². The molecule has 2 heterocycles. The molecule has 1 fully saturated rings. The van der Waals surface area contributed by atoms with Crippen LogP contribution in [0.25, 0.3) is 0 Å². The zero-order chi connectivity index (χ0) is 17.6. The van der Waals surface area contributed by atoms with E-state index in [1.165, 1.54) is 0 Å². The van der Waals surface area contributed by atoms with Gasteiger partial charge in [0.15, 0.2) is 0 Å². The molecule has 7 heteroatoms. The van der Waals surface area contributed by atoms with Crippen molar-refractivity contribution in [2.75, 3.05) is 33.3 Å². The van der Waals surface area contributed by atoms with Crippen LogP contribution in [-0.4, -0.2) is 59.2 Å². The zero-order valence-corrected chi connectivity index (χ0v) is 14.8. The summed E-state index contributed by atoms with van der Waals surface area (Å²) in [7, 11) is 1.65. The smallest absolute Gasteiger partial charge is 0.230 e. The molecule has 0 saturated carbocycles. The fourth-order valence-electron chi connectivity index (χ4n) is 2.99. The summed E-state index contributed by atoms with van der Waals surface area (Å²) in [6, 6.07) is 7.88. The van der Waals surface area contributed by atoms with Gasteiger partial charge in [0.1, 0.15) is 5.75 Å². The first kappa shape index (κ1) is 17.4. The second kappa shape index (κ2) is 8.11. The molecule has 7 nitrogen and oxygen atoms in total. The number of benzene rings is 1. The number of hydrogen-bond acceptors (Lipinski definition) is 6. The van der Waals surface area contributed by atoms with Crippen molar-refractivity contribution in [1.82, 2.24) is 20.0 Å². The maximum atomic E-state index is 12.4. The van der Waals surface area contributed by atoms with Gasteiger partial charge in [-0.2, -0.15) is 0 Å². The van der Waals surface area contributed by atoms with Gasteiger partial charge in [-0.15, -0.1) is 10.2 Å².